The van der Waals surface area contributed by atoms with Gasteiger partial charge in [-0.1, -0.05) is 18.2 Å². The smallest absolute Gasteiger partial charge is 0.332 e. The largest absolute Gasteiger partial charge is 0.491 e. The predicted molar refractivity (Wildman–Crippen MR) is 116 cm³/mol. The fourth-order valence-corrected chi connectivity index (χ4v) is 3.78. The molecule has 166 valence electrons. The van der Waals surface area contributed by atoms with Crippen molar-refractivity contribution in [2.24, 2.45) is 14.1 Å². The maximum absolute atomic E-state index is 13.0. The Morgan fingerprint density at radius 1 is 1.16 bits per heavy atom. The maximum atomic E-state index is 13.0. The van der Waals surface area contributed by atoms with Gasteiger partial charge in [0.2, 0.25) is 5.95 Å². The van der Waals surface area contributed by atoms with Crippen molar-refractivity contribution in [1.29, 1.82) is 0 Å². The molecular weight excluding hydrogens is 402 g/mol. The number of aliphatic hydroxyl groups is 1. The van der Waals surface area contributed by atoms with Crippen molar-refractivity contribution in [2.75, 3.05) is 37.8 Å². The van der Waals surface area contributed by atoms with Crippen LogP contribution in [-0.2, 0) is 25.4 Å². The minimum absolute atomic E-state index is 0.0547. The highest BCUT2D eigenvalue weighted by Crippen LogP contribution is 2.22. The van der Waals surface area contributed by atoms with E-state index in [2.05, 4.69) is 4.98 Å². The van der Waals surface area contributed by atoms with Gasteiger partial charge >= 0.3 is 5.69 Å². The molecule has 0 aliphatic carbocycles. The molecule has 1 aromatic carbocycles. The van der Waals surface area contributed by atoms with Gasteiger partial charge in [0.05, 0.1) is 19.8 Å². The number of fused-ring (bicyclic) bond motifs is 1. The average Bonchev–Trinajstić information content (AvgIpc) is 3.15. The monoisotopic (exact) mass is 429 g/mol. The molecule has 1 fully saturated rings. The Bertz CT molecular complexity index is 1210. The molecule has 1 saturated heterocycles. The van der Waals surface area contributed by atoms with Gasteiger partial charge in [0, 0.05) is 27.2 Å². The lowest BCUT2D eigenvalue weighted by Crippen LogP contribution is -2.39. The number of hydrogen-bond acceptors (Lipinski definition) is 7. The van der Waals surface area contributed by atoms with Gasteiger partial charge in [0.25, 0.3) is 5.56 Å². The maximum Gasteiger partial charge on any atom is 0.332 e. The van der Waals surface area contributed by atoms with Crippen LogP contribution in [0.4, 0.5) is 5.95 Å². The number of rotatable bonds is 6. The van der Waals surface area contributed by atoms with Gasteiger partial charge in [-0.05, 0) is 18.6 Å². The topological polar surface area (TPSA) is 104 Å². The fourth-order valence-electron chi connectivity index (χ4n) is 3.78. The summed E-state index contributed by atoms with van der Waals surface area (Å²) < 4.78 is 15.3. The third-order valence-corrected chi connectivity index (χ3v) is 5.54. The number of aliphatic hydroxyl groups excluding tert-OH is 1. The molecule has 0 bridgehead atoms. The molecular formula is C21H27N5O5. The molecule has 0 radical (unpaired) electrons. The third-order valence-electron chi connectivity index (χ3n) is 5.54. The number of hydrogen-bond donors (Lipinski definition) is 1. The van der Waals surface area contributed by atoms with Crippen LogP contribution in [0.5, 0.6) is 5.75 Å². The summed E-state index contributed by atoms with van der Waals surface area (Å²) in [5.41, 5.74) is 0.652. The van der Waals surface area contributed by atoms with E-state index in [-0.39, 0.29) is 18.7 Å². The molecule has 3 aromatic rings. The lowest BCUT2D eigenvalue weighted by molar-refractivity contribution is 0.0924. The number of anilines is 1. The molecule has 0 amide bonds. The average molecular weight is 429 g/mol. The van der Waals surface area contributed by atoms with Gasteiger partial charge in [-0.15, -0.1) is 0 Å². The summed E-state index contributed by atoms with van der Waals surface area (Å²) in [6.07, 6.45) is -0.890. The number of aryl methyl sites for hydroxylation is 2. The van der Waals surface area contributed by atoms with Crippen molar-refractivity contribution in [1.82, 2.24) is 18.7 Å². The number of aromatic nitrogens is 4. The summed E-state index contributed by atoms with van der Waals surface area (Å²) in [5, 5.41) is 10.7. The Hall–Kier alpha value is -3.11. The molecule has 10 nitrogen and oxygen atoms in total. The zero-order valence-corrected chi connectivity index (χ0v) is 17.9. The summed E-state index contributed by atoms with van der Waals surface area (Å²) in [7, 11) is 3.02. The van der Waals surface area contributed by atoms with Gasteiger partial charge in [0.15, 0.2) is 11.2 Å². The van der Waals surface area contributed by atoms with Crippen LogP contribution in [0.2, 0.25) is 0 Å². The van der Waals surface area contributed by atoms with Crippen molar-refractivity contribution in [3.63, 3.8) is 0 Å². The van der Waals surface area contributed by atoms with Gasteiger partial charge < -0.3 is 24.0 Å². The number of benzene rings is 1. The molecule has 1 aliphatic heterocycles. The van der Waals surface area contributed by atoms with E-state index in [1.165, 1.54) is 11.6 Å². The molecule has 2 aromatic heterocycles. The number of para-hydroxylation sites is 1. The molecule has 1 atom stereocenters. The van der Waals surface area contributed by atoms with Crippen LogP contribution in [0.15, 0.2) is 33.9 Å². The van der Waals surface area contributed by atoms with E-state index >= 15 is 0 Å². The minimum Gasteiger partial charge on any atom is -0.491 e. The molecule has 3 heterocycles. The van der Waals surface area contributed by atoms with Crippen molar-refractivity contribution in [3.8, 4) is 5.75 Å². The van der Waals surface area contributed by atoms with Crippen molar-refractivity contribution >= 4 is 17.1 Å². The molecule has 0 unspecified atom stereocenters. The first kappa shape index (κ1) is 21.1. The summed E-state index contributed by atoms with van der Waals surface area (Å²) in [6, 6.07) is 7.58. The first-order valence-corrected chi connectivity index (χ1v) is 10.2. The van der Waals surface area contributed by atoms with E-state index < -0.39 is 17.4 Å². The summed E-state index contributed by atoms with van der Waals surface area (Å²) in [6.45, 7) is 4.38. The van der Waals surface area contributed by atoms with E-state index in [0.717, 1.165) is 10.1 Å². The number of nitrogens with zero attached hydrogens (tertiary/aromatic N) is 5. The fraction of sp³-hybridized carbons (Fsp3) is 0.476. The standard InChI is InChI=1S/C21H27N5O5/c1-14-6-4-5-7-16(14)31-13-15(27)12-26-17-18(23(2)21(29)24(3)19(17)28)22-20(26)25-8-10-30-11-9-25/h4-7,15,27H,8-13H2,1-3H3/t15-/m1/s1. The molecule has 31 heavy (non-hydrogen) atoms. The molecule has 0 saturated carbocycles. The first-order chi connectivity index (χ1) is 14.9. The lowest BCUT2D eigenvalue weighted by Gasteiger charge is -2.28. The normalized spacial score (nSPS) is 15.4. The zero-order valence-electron chi connectivity index (χ0n) is 17.9. The van der Waals surface area contributed by atoms with E-state index in [4.69, 9.17) is 9.47 Å². The molecule has 1 aliphatic rings. The molecule has 10 heteroatoms. The van der Waals surface area contributed by atoms with Crippen LogP contribution >= 0.6 is 0 Å². The van der Waals surface area contributed by atoms with E-state index in [1.807, 2.05) is 36.1 Å². The van der Waals surface area contributed by atoms with Crippen LogP contribution < -0.4 is 20.9 Å². The van der Waals surface area contributed by atoms with Crippen LogP contribution in [0.3, 0.4) is 0 Å². The molecule has 0 spiro atoms. The minimum atomic E-state index is -0.890. The van der Waals surface area contributed by atoms with Crippen molar-refractivity contribution in [3.05, 3.63) is 50.7 Å². The second-order valence-electron chi connectivity index (χ2n) is 7.73. The number of imidazole rings is 1. The number of morpholine rings is 1. The highest BCUT2D eigenvalue weighted by molar-refractivity contribution is 5.74. The van der Waals surface area contributed by atoms with E-state index in [9.17, 15) is 14.7 Å². The SMILES string of the molecule is Cc1ccccc1OC[C@H](O)Cn1c(N2CCOCC2)nc2c1c(=O)n(C)c(=O)n2C. The van der Waals surface area contributed by atoms with Crippen LogP contribution in [0.1, 0.15) is 5.56 Å². The van der Waals surface area contributed by atoms with E-state index in [1.54, 1.807) is 11.6 Å². The Morgan fingerprint density at radius 3 is 2.58 bits per heavy atom. The van der Waals surface area contributed by atoms with Crippen LogP contribution in [0.25, 0.3) is 11.2 Å². The van der Waals surface area contributed by atoms with Gasteiger partial charge in [-0.3, -0.25) is 13.9 Å². The highest BCUT2D eigenvalue weighted by Gasteiger charge is 2.25. The van der Waals surface area contributed by atoms with Crippen LogP contribution in [0, 0.1) is 6.92 Å². The Kier molecular flexibility index (Phi) is 5.84. The van der Waals surface area contributed by atoms with E-state index in [0.29, 0.717) is 43.6 Å². The third kappa shape index (κ3) is 3.96. The lowest BCUT2D eigenvalue weighted by atomic mass is 10.2. The second kappa shape index (κ2) is 8.56. The Balaban J connectivity index is 1.71. The summed E-state index contributed by atoms with van der Waals surface area (Å²) in [4.78, 5) is 32.0. The highest BCUT2D eigenvalue weighted by atomic mass is 16.5. The predicted octanol–water partition coefficient (Wildman–Crippen LogP) is 0.0186. The van der Waals surface area contributed by atoms with Gasteiger partial charge in [0.1, 0.15) is 18.5 Å². The van der Waals surface area contributed by atoms with Gasteiger partial charge in [-0.25, -0.2) is 4.79 Å². The molecule has 1 N–H and O–H groups in total. The molecule has 4 rings (SSSR count). The van der Waals surface area contributed by atoms with Crippen molar-refractivity contribution in [2.45, 2.75) is 19.6 Å². The Morgan fingerprint density at radius 2 is 1.87 bits per heavy atom. The quantitative estimate of drug-likeness (QED) is 0.589. The summed E-state index contributed by atoms with van der Waals surface area (Å²) in [5.74, 6) is 1.23. The van der Waals surface area contributed by atoms with Gasteiger partial charge in [-0.2, -0.15) is 4.98 Å². The first-order valence-electron chi connectivity index (χ1n) is 10.2. The Labute approximate surface area is 178 Å². The number of ether oxygens (including phenoxy) is 2. The second-order valence-corrected chi connectivity index (χ2v) is 7.73. The van der Waals surface area contributed by atoms with Crippen LogP contribution in [-0.4, -0.2) is 62.8 Å². The summed E-state index contributed by atoms with van der Waals surface area (Å²) >= 11 is 0. The zero-order chi connectivity index (χ0) is 22.1. The van der Waals surface area contributed by atoms with Crippen molar-refractivity contribution < 1.29 is 14.6 Å².